The van der Waals surface area contributed by atoms with Crippen LogP contribution in [0.1, 0.15) is 18.6 Å². The maximum absolute atomic E-state index is 13.1. The number of ether oxygens (including phenoxy) is 1. The zero-order valence-corrected chi connectivity index (χ0v) is 10.8. The Hall–Kier alpha value is -1.65. The van der Waals surface area contributed by atoms with Crippen LogP contribution in [0.3, 0.4) is 0 Å². The number of benzene rings is 2. The average Bonchev–Trinajstić information content (AvgIpc) is 2.34. The fraction of sp³-hybridized carbons (Fsp3) is 0.143. The van der Waals surface area contributed by atoms with Gasteiger partial charge < -0.3 is 9.84 Å². The van der Waals surface area contributed by atoms with E-state index in [0.717, 1.165) is 6.07 Å². The summed E-state index contributed by atoms with van der Waals surface area (Å²) in [6.45, 7) is 1.49. The van der Waals surface area contributed by atoms with Crippen molar-refractivity contribution in [3.05, 3.63) is 58.6 Å². The summed E-state index contributed by atoms with van der Waals surface area (Å²) in [5, 5.41) is 9.68. The van der Waals surface area contributed by atoms with Gasteiger partial charge in [-0.2, -0.15) is 0 Å². The smallest absolute Gasteiger partial charge is 0.146 e. The van der Waals surface area contributed by atoms with Crippen molar-refractivity contribution in [2.75, 3.05) is 0 Å². The standard InChI is InChI=1S/C14H11ClF2O2/c1-8(18)11-6-9(16)2-4-13(11)19-14-5-3-10(17)7-12(14)15/h2-8,18H,1H3/t8-/m1/s1. The predicted octanol–water partition coefficient (Wildman–Crippen LogP) is 4.46. The van der Waals surface area contributed by atoms with Crippen molar-refractivity contribution in [3.63, 3.8) is 0 Å². The van der Waals surface area contributed by atoms with Gasteiger partial charge in [0.15, 0.2) is 0 Å². The summed E-state index contributed by atoms with van der Waals surface area (Å²) in [7, 11) is 0. The van der Waals surface area contributed by atoms with Crippen molar-refractivity contribution in [2.45, 2.75) is 13.0 Å². The molecular weight excluding hydrogens is 274 g/mol. The molecule has 0 fully saturated rings. The molecule has 0 saturated heterocycles. The maximum atomic E-state index is 13.1. The van der Waals surface area contributed by atoms with Gasteiger partial charge in [-0.05, 0) is 43.3 Å². The molecule has 0 amide bonds. The second-order valence-electron chi connectivity index (χ2n) is 4.03. The molecule has 5 heteroatoms. The molecule has 19 heavy (non-hydrogen) atoms. The van der Waals surface area contributed by atoms with Crippen LogP contribution in [0.4, 0.5) is 8.78 Å². The zero-order chi connectivity index (χ0) is 14.0. The van der Waals surface area contributed by atoms with Crippen LogP contribution in [0, 0.1) is 11.6 Å². The van der Waals surface area contributed by atoms with E-state index in [4.69, 9.17) is 16.3 Å². The fourth-order valence-electron chi connectivity index (χ4n) is 1.62. The molecule has 2 aromatic carbocycles. The quantitative estimate of drug-likeness (QED) is 0.901. The van der Waals surface area contributed by atoms with Gasteiger partial charge in [0.25, 0.3) is 0 Å². The third-order valence-corrected chi connectivity index (χ3v) is 2.83. The van der Waals surface area contributed by atoms with Gasteiger partial charge in [-0.3, -0.25) is 0 Å². The van der Waals surface area contributed by atoms with Gasteiger partial charge in [0.2, 0.25) is 0 Å². The van der Waals surface area contributed by atoms with E-state index in [1.54, 1.807) is 0 Å². The Balaban J connectivity index is 2.38. The van der Waals surface area contributed by atoms with Crippen molar-refractivity contribution in [2.24, 2.45) is 0 Å². The van der Waals surface area contributed by atoms with E-state index in [9.17, 15) is 13.9 Å². The van der Waals surface area contributed by atoms with Gasteiger partial charge in [-0.15, -0.1) is 0 Å². The van der Waals surface area contributed by atoms with Gasteiger partial charge >= 0.3 is 0 Å². The van der Waals surface area contributed by atoms with Gasteiger partial charge in [0.1, 0.15) is 23.1 Å². The lowest BCUT2D eigenvalue weighted by molar-refractivity contribution is 0.195. The summed E-state index contributed by atoms with van der Waals surface area (Å²) in [5.74, 6) is -0.456. The highest BCUT2D eigenvalue weighted by molar-refractivity contribution is 6.32. The summed E-state index contributed by atoms with van der Waals surface area (Å²) in [4.78, 5) is 0. The molecule has 0 aliphatic rings. The van der Waals surface area contributed by atoms with Crippen LogP contribution in [0.2, 0.25) is 5.02 Å². The van der Waals surface area contributed by atoms with E-state index in [2.05, 4.69) is 0 Å². The molecule has 0 radical (unpaired) electrons. The molecule has 100 valence electrons. The third-order valence-electron chi connectivity index (χ3n) is 2.54. The second-order valence-corrected chi connectivity index (χ2v) is 4.44. The van der Waals surface area contributed by atoms with E-state index < -0.39 is 17.7 Å². The first-order valence-corrected chi connectivity index (χ1v) is 5.95. The average molecular weight is 285 g/mol. The lowest BCUT2D eigenvalue weighted by Gasteiger charge is -2.14. The summed E-state index contributed by atoms with van der Waals surface area (Å²) in [6.07, 6.45) is -0.898. The lowest BCUT2D eigenvalue weighted by atomic mass is 10.1. The molecule has 1 atom stereocenters. The summed E-state index contributed by atoms with van der Waals surface area (Å²) < 4.78 is 31.5. The van der Waals surface area contributed by atoms with Crippen LogP contribution in [0.5, 0.6) is 11.5 Å². The number of rotatable bonds is 3. The molecule has 0 aliphatic heterocycles. The normalized spacial score (nSPS) is 12.3. The monoisotopic (exact) mass is 284 g/mol. The SMILES string of the molecule is C[C@@H](O)c1cc(F)ccc1Oc1ccc(F)cc1Cl. The Morgan fingerprint density at radius 3 is 2.21 bits per heavy atom. The molecule has 2 aromatic rings. The van der Waals surface area contributed by atoms with Gasteiger partial charge in [0, 0.05) is 5.56 Å². The van der Waals surface area contributed by atoms with Crippen molar-refractivity contribution in [1.82, 2.24) is 0 Å². The first-order chi connectivity index (χ1) is 8.97. The van der Waals surface area contributed by atoms with E-state index >= 15 is 0 Å². The number of aliphatic hydroxyl groups excluding tert-OH is 1. The van der Waals surface area contributed by atoms with Crippen LogP contribution < -0.4 is 4.74 Å². The first-order valence-electron chi connectivity index (χ1n) is 5.58. The minimum atomic E-state index is -0.898. The molecule has 1 N–H and O–H groups in total. The van der Waals surface area contributed by atoms with Crippen molar-refractivity contribution in [3.8, 4) is 11.5 Å². The number of hydrogen-bond donors (Lipinski definition) is 1. The highest BCUT2D eigenvalue weighted by Gasteiger charge is 2.13. The molecule has 0 unspecified atom stereocenters. The van der Waals surface area contributed by atoms with Crippen LogP contribution in [0.15, 0.2) is 36.4 Å². The minimum Gasteiger partial charge on any atom is -0.455 e. The molecule has 2 nitrogen and oxygen atoms in total. The van der Waals surface area contributed by atoms with Crippen LogP contribution in [-0.4, -0.2) is 5.11 Å². The minimum absolute atomic E-state index is 0.0980. The highest BCUT2D eigenvalue weighted by Crippen LogP contribution is 2.34. The van der Waals surface area contributed by atoms with Gasteiger partial charge in [-0.25, -0.2) is 8.78 Å². The summed E-state index contributed by atoms with van der Waals surface area (Å²) >= 11 is 5.84. The molecular formula is C14H11ClF2O2. The van der Waals surface area contributed by atoms with Crippen LogP contribution in [-0.2, 0) is 0 Å². The Bertz CT molecular complexity index is 600. The largest absolute Gasteiger partial charge is 0.455 e. The molecule has 0 aromatic heterocycles. The second kappa shape index (κ2) is 5.55. The Morgan fingerprint density at radius 2 is 1.63 bits per heavy atom. The predicted molar refractivity (Wildman–Crippen MR) is 68.5 cm³/mol. The van der Waals surface area contributed by atoms with Crippen molar-refractivity contribution < 1.29 is 18.6 Å². The fourth-order valence-corrected chi connectivity index (χ4v) is 1.82. The number of aliphatic hydroxyl groups is 1. The Morgan fingerprint density at radius 1 is 1.05 bits per heavy atom. The molecule has 0 aliphatic carbocycles. The highest BCUT2D eigenvalue weighted by atomic mass is 35.5. The Kier molecular flexibility index (Phi) is 4.02. The lowest BCUT2D eigenvalue weighted by Crippen LogP contribution is -1.97. The van der Waals surface area contributed by atoms with Crippen molar-refractivity contribution >= 4 is 11.6 Å². The van der Waals surface area contributed by atoms with Crippen LogP contribution >= 0.6 is 11.6 Å². The maximum Gasteiger partial charge on any atom is 0.146 e. The molecule has 0 bridgehead atoms. The van der Waals surface area contributed by atoms with E-state index in [1.807, 2.05) is 0 Å². The third kappa shape index (κ3) is 3.22. The van der Waals surface area contributed by atoms with E-state index in [1.165, 1.54) is 37.3 Å². The van der Waals surface area contributed by atoms with Gasteiger partial charge in [-0.1, -0.05) is 11.6 Å². The Labute approximate surface area is 114 Å². The van der Waals surface area contributed by atoms with E-state index in [-0.39, 0.29) is 16.5 Å². The first kappa shape index (κ1) is 13.8. The number of halogens is 3. The molecule has 0 saturated carbocycles. The van der Waals surface area contributed by atoms with E-state index in [0.29, 0.717) is 5.56 Å². The number of hydrogen-bond acceptors (Lipinski definition) is 2. The van der Waals surface area contributed by atoms with Crippen molar-refractivity contribution in [1.29, 1.82) is 0 Å². The van der Waals surface area contributed by atoms with Crippen LogP contribution in [0.25, 0.3) is 0 Å². The topological polar surface area (TPSA) is 29.5 Å². The zero-order valence-electron chi connectivity index (χ0n) is 10.0. The molecule has 0 heterocycles. The summed E-state index contributed by atoms with van der Waals surface area (Å²) in [5.41, 5.74) is 0.292. The molecule has 0 spiro atoms. The van der Waals surface area contributed by atoms with Gasteiger partial charge in [0.05, 0.1) is 11.1 Å². The summed E-state index contributed by atoms with van der Waals surface area (Å²) in [6, 6.07) is 7.45. The molecule has 2 rings (SSSR count).